The lowest BCUT2D eigenvalue weighted by Gasteiger charge is -2.27. The van der Waals surface area contributed by atoms with Gasteiger partial charge in [-0.15, -0.1) is 0 Å². The number of rotatable bonds is 10. The van der Waals surface area contributed by atoms with Crippen LogP contribution in [0.15, 0.2) is 88.2 Å². The fourth-order valence-electron chi connectivity index (χ4n) is 4.80. The number of nitrogens with one attached hydrogen (secondary N) is 3. The van der Waals surface area contributed by atoms with Gasteiger partial charge in [-0.25, -0.2) is 0 Å². The highest BCUT2D eigenvalue weighted by molar-refractivity contribution is 7.86. The smallest absolute Gasteiger partial charge is 0.294 e. The molecule has 264 valence electrons. The first-order valence-corrected chi connectivity index (χ1v) is 17.9. The van der Waals surface area contributed by atoms with E-state index in [9.17, 15) is 21.6 Å². The van der Waals surface area contributed by atoms with Gasteiger partial charge in [0.15, 0.2) is 11.5 Å². The molecule has 1 amide bonds. The van der Waals surface area contributed by atoms with E-state index >= 15 is 0 Å². The molecule has 1 aliphatic heterocycles. The molecule has 0 fully saturated rings. The zero-order valence-electron chi connectivity index (χ0n) is 28.6. The molecular formula is C34H47N3O9S2. The summed E-state index contributed by atoms with van der Waals surface area (Å²) in [5.74, 6) is 1.42. The highest BCUT2D eigenvalue weighted by Crippen LogP contribution is 2.30. The molecule has 1 aliphatic rings. The first-order chi connectivity index (χ1) is 22.2. The third kappa shape index (κ3) is 13.0. The number of methoxy groups -OCH3 is 2. The molecule has 4 rings (SSSR count). The maximum absolute atomic E-state index is 12.5. The van der Waals surface area contributed by atoms with Gasteiger partial charge in [-0.3, -0.25) is 19.2 Å². The van der Waals surface area contributed by atoms with Gasteiger partial charge in [0.25, 0.3) is 20.2 Å². The van der Waals surface area contributed by atoms with Gasteiger partial charge in [0.2, 0.25) is 5.91 Å². The van der Waals surface area contributed by atoms with E-state index in [1.165, 1.54) is 24.3 Å². The number of carbonyl (C=O) groups is 1. The van der Waals surface area contributed by atoms with Crippen molar-refractivity contribution in [2.75, 3.05) is 27.3 Å². The van der Waals surface area contributed by atoms with Crippen LogP contribution in [0.1, 0.15) is 44.4 Å². The summed E-state index contributed by atoms with van der Waals surface area (Å²) in [6, 6.07) is 17.8. The molecule has 0 bridgehead atoms. The zero-order valence-corrected chi connectivity index (χ0v) is 30.3. The van der Waals surface area contributed by atoms with Crippen LogP contribution in [-0.4, -0.2) is 70.2 Å². The topological polar surface area (TPSA) is 180 Å². The van der Waals surface area contributed by atoms with E-state index in [0.717, 1.165) is 22.3 Å². The van der Waals surface area contributed by atoms with E-state index in [1.807, 2.05) is 52.0 Å². The minimum absolute atomic E-state index is 0.0130. The largest absolute Gasteiger partial charge is 0.493 e. The lowest BCUT2D eigenvalue weighted by Crippen LogP contribution is -2.48. The number of hydrogen-bond acceptors (Lipinski definition) is 9. The normalized spacial score (nSPS) is 14.8. The number of hydrogen-bond donors (Lipinski definition) is 5. The Morgan fingerprint density at radius 3 is 1.62 bits per heavy atom. The highest BCUT2D eigenvalue weighted by Gasteiger charge is 2.39. The first kappa shape index (κ1) is 40.4. The van der Waals surface area contributed by atoms with Crippen LogP contribution >= 0.6 is 0 Å². The van der Waals surface area contributed by atoms with Gasteiger partial charge in [0.1, 0.15) is 0 Å². The molecule has 48 heavy (non-hydrogen) atoms. The van der Waals surface area contributed by atoms with Crippen molar-refractivity contribution in [1.29, 1.82) is 0 Å². The maximum atomic E-state index is 12.5. The lowest BCUT2D eigenvalue weighted by molar-refractivity contribution is -0.118. The van der Waals surface area contributed by atoms with Crippen molar-refractivity contribution in [2.45, 2.75) is 69.0 Å². The third-order valence-electron chi connectivity index (χ3n) is 7.06. The average Bonchev–Trinajstić information content (AvgIpc) is 3.23. The standard InChI is InChI=1S/C20H31N3O3.2C7H8O3S/c1-19(2)12-15(20(3,4)23-19)18(24)22-10-9-21-13-14-7-8-16(25-5)17(11-14)26-6;2*1-6-2-4-7(5-3-6)11(8,9)10/h7-8,11-12,21,23H,9-10,13H2,1-6H3,(H,22,24);2*2-5H,1H3,(H,8,9,10). The summed E-state index contributed by atoms with van der Waals surface area (Å²) in [6.07, 6.45) is 2.01. The molecule has 5 N–H and O–H groups in total. The predicted octanol–water partition coefficient (Wildman–Crippen LogP) is 4.48. The van der Waals surface area contributed by atoms with Crippen molar-refractivity contribution in [1.82, 2.24) is 16.0 Å². The second-order valence-corrected chi connectivity index (χ2v) is 15.1. The second-order valence-electron chi connectivity index (χ2n) is 12.2. The molecule has 3 aromatic rings. The van der Waals surface area contributed by atoms with Crippen LogP contribution in [0.5, 0.6) is 11.5 Å². The molecule has 0 saturated heterocycles. The molecule has 0 aliphatic carbocycles. The van der Waals surface area contributed by atoms with E-state index in [0.29, 0.717) is 31.1 Å². The Balaban J connectivity index is 0.000000298. The summed E-state index contributed by atoms with van der Waals surface area (Å²) in [5.41, 5.74) is 3.32. The fraction of sp³-hybridized carbons (Fsp3) is 0.382. The number of amides is 1. The second kappa shape index (κ2) is 17.0. The average molecular weight is 706 g/mol. The Bertz CT molecular complexity index is 1700. The molecule has 0 saturated carbocycles. The minimum atomic E-state index is -4.02. The van der Waals surface area contributed by atoms with Crippen LogP contribution in [0.3, 0.4) is 0 Å². The van der Waals surface area contributed by atoms with Gasteiger partial charge in [-0.2, -0.15) is 16.8 Å². The van der Waals surface area contributed by atoms with Gasteiger partial charge in [0, 0.05) is 36.3 Å². The SMILES string of the molecule is COc1ccc(CNCCNC(=O)C2=CC(C)(C)NC2(C)C)cc1OC.Cc1ccc(S(=O)(=O)O)cc1.Cc1ccc(S(=O)(=O)O)cc1. The van der Waals surface area contributed by atoms with E-state index in [4.69, 9.17) is 18.6 Å². The van der Waals surface area contributed by atoms with E-state index in [-0.39, 0.29) is 26.8 Å². The molecular weight excluding hydrogens is 659 g/mol. The fourth-order valence-corrected chi connectivity index (χ4v) is 5.76. The van der Waals surface area contributed by atoms with Crippen molar-refractivity contribution in [3.8, 4) is 11.5 Å². The minimum Gasteiger partial charge on any atom is -0.493 e. The van der Waals surface area contributed by atoms with Crippen LogP contribution in [0.25, 0.3) is 0 Å². The summed E-state index contributed by atoms with van der Waals surface area (Å²) in [7, 11) is -4.79. The molecule has 14 heteroatoms. The molecule has 0 spiro atoms. The first-order valence-electron chi connectivity index (χ1n) is 15.0. The Labute approximate surface area is 284 Å². The maximum Gasteiger partial charge on any atom is 0.294 e. The van der Waals surface area contributed by atoms with Crippen molar-refractivity contribution < 1.29 is 40.2 Å². The van der Waals surface area contributed by atoms with Crippen LogP contribution < -0.4 is 25.4 Å². The predicted molar refractivity (Wildman–Crippen MR) is 186 cm³/mol. The van der Waals surface area contributed by atoms with Crippen LogP contribution in [0.2, 0.25) is 0 Å². The van der Waals surface area contributed by atoms with Crippen molar-refractivity contribution >= 4 is 26.1 Å². The Morgan fingerprint density at radius 2 is 1.23 bits per heavy atom. The number of aryl methyl sites for hydroxylation is 2. The molecule has 0 radical (unpaired) electrons. The Kier molecular flexibility index (Phi) is 14.3. The molecule has 3 aromatic carbocycles. The highest BCUT2D eigenvalue weighted by atomic mass is 32.2. The van der Waals surface area contributed by atoms with E-state index < -0.39 is 20.2 Å². The summed E-state index contributed by atoms with van der Waals surface area (Å²) in [5, 5.41) is 9.77. The number of ether oxygens (including phenoxy) is 2. The summed E-state index contributed by atoms with van der Waals surface area (Å²) < 4.78 is 69.6. The van der Waals surface area contributed by atoms with Gasteiger partial charge < -0.3 is 20.1 Å². The van der Waals surface area contributed by atoms with Gasteiger partial charge in [-0.05, 0) is 83.5 Å². The van der Waals surface area contributed by atoms with Crippen molar-refractivity contribution in [2.24, 2.45) is 0 Å². The van der Waals surface area contributed by atoms with Crippen molar-refractivity contribution in [3.05, 3.63) is 95.1 Å². The molecule has 0 atom stereocenters. The Morgan fingerprint density at radius 1 is 0.750 bits per heavy atom. The quantitative estimate of drug-likeness (QED) is 0.148. The van der Waals surface area contributed by atoms with Crippen LogP contribution in [-0.2, 0) is 31.6 Å². The van der Waals surface area contributed by atoms with Crippen LogP contribution in [0, 0.1) is 13.8 Å². The monoisotopic (exact) mass is 705 g/mol. The third-order valence-corrected chi connectivity index (χ3v) is 8.80. The van der Waals surface area contributed by atoms with Crippen molar-refractivity contribution in [3.63, 3.8) is 0 Å². The summed E-state index contributed by atoms with van der Waals surface area (Å²) in [6.45, 7) is 13.8. The van der Waals surface area contributed by atoms with Gasteiger partial charge in [0.05, 0.1) is 24.0 Å². The molecule has 12 nitrogen and oxygen atoms in total. The number of benzene rings is 3. The van der Waals surface area contributed by atoms with Crippen LogP contribution in [0.4, 0.5) is 0 Å². The molecule has 0 aromatic heterocycles. The molecule has 1 heterocycles. The number of carbonyl (C=O) groups excluding carboxylic acids is 1. The van der Waals surface area contributed by atoms with Gasteiger partial charge >= 0.3 is 0 Å². The zero-order chi connectivity index (χ0) is 36.3. The molecule has 0 unspecified atom stereocenters. The Hall–Kier alpha value is -3.79. The lowest BCUT2D eigenvalue weighted by atomic mass is 9.96. The summed E-state index contributed by atoms with van der Waals surface area (Å²) >= 11 is 0. The van der Waals surface area contributed by atoms with E-state index in [1.54, 1.807) is 38.5 Å². The summed E-state index contributed by atoms with van der Waals surface area (Å²) in [4.78, 5) is 12.3. The van der Waals surface area contributed by atoms with Gasteiger partial charge in [-0.1, -0.05) is 47.5 Å². The van der Waals surface area contributed by atoms with E-state index in [2.05, 4.69) is 29.8 Å².